The van der Waals surface area contributed by atoms with E-state index in [1.165, 1.54) is 101 Å². The van der Waals surface area contributed by atoms with Gasteiger partial charge in [0, 0.05) is 0 Å². The first-order chi connectivity index (χ1) is 17.7. The second-order valence-electron chi connectivity index (χ2n) is 9.58. The van der Waals surface area contributed by atoms with E-state index in [1.807, 2.05) is 0 Å². The fraction of sp³-hybridized carbons (Fsp3) is 0.765. The van der Waals surface area contributed by atoms with Crippen LogP contribution in [0.2, 0.25) is 0 Å². The molecule has 0 fully saturated rings. The summed E-state index contributed by atoms with van der Waals surface area (Å²) < 4.78 is 0. The Kier molecular flexibility index (Phi) is 42.2. The Labute approximate surface area is 253 Å². The molecule has 0 aromatic rings. The zero-order chi connectivity index (χ0) is 27.0. The van der Waals surface area contributed by atoms with Crippen molar-refractivity contribution in [2.45, 2.75) is 144 Å². The van der Waals surface area contributed by atoms with Crippen molar-refractivity contribution in [3.8, 4) is 0 Å². The van der Waals surface area contributed by atoms with Crippen LogP contribution in [-0.2, 0) is 25.8 Å². The van der Waals surface area contributed by atoms with Crippen molar-refractivity contribution < 1.29 is 25.8 Å². The van der Waals surface area contributed by atoms with Gasteiger partial charge in [0.05, 0.1) is 0 Å². The Bertz CT molecular complexity index is 474. The summed E-state index contributed by atoms with van der Waals surface area (Å²) in [5, 5.41) is 8.70. The van der Waals surface area contributed by atoms with E-state index in [2.05, 4.69) is 88.6 Å². The second kappa shape index (κ2) is 37.9. The maximum atomic E-state index is 4.35. The molecule has 2 nitrogen and oxygen atoms in total. The SMILES string of the molecule is CCCCC1=[C-]CC=C1.CCCCC1=[C-]CC=C1.CCCC[N-]CCCC.CCCC[N-]CCCC.[Hf+4]. The number of hydrogen-bond acceptors (Lipinski definition) is 0. The van der Waals surface area contributed by atoms with Crippen LogP contribution in [0.3, 0.4) is 0 Å². The van der Waals surface area contributed by atoms with Crippen LogP contribution in [0.15, 0.2) is 35.5 Å². The molecule has 2 aliphatic carbocycles. The van der Waals surface area contributed by atoms with Gasteiger partial charge in [-0.3, -0.25) is 12.2 Å². The topological polar surface area (TPSA) is 28.2 Å². The molecule has 212 valence electrons. The van der Waals surface area contributed by atoms with Gasteiger partial charge in [-0.1, -0.05) is 131 Å². The summed E-state index contributed by atoms with van der Waals surface area (Å²) in [6.45, 7) is 17.6. The van der Waals surface area contributed by atoms with E-state index in [-0.39, 0.29) is 25.8 Å². The van der Waals surface area contributed by atoms with Gasteiger partial charge in [-0.2, -0.15) is 12.2 Å². The van der Waals surface area contributed by atoms with Crippen LogP contribution in [-0.4, -0.2) is 26.2 Å². The first kappa shape index (κ1) is 41.2. The molecule has 0 saturated carbocycles. The third-order valence-electron chi connectivity index (χ3n) is 5.81. The third kappa shape index (κ3) is 35.8. The Morgan fingerprint density at radius 3 is 1.03 bits per heavy atom. The summed E-state index contributed by atoms with van der Waals surface area (Å²) in [6, 6.07) is 0. The molecule has 0 heterocycles. The van der Waals surface area contributed by atoms with Crippen molar-refractivity contribution in [3.05, 3.63) is 58.2 Å². The van der Waals surface area contributed by atoms with E-state index in [0.717, 1.165) is 39.0 Å². The minimum absolute atomic E-state index is 0. The predicted octanol–water partition coefficient (Wildman–Crippen LogP) is 11.7. The average molecular weight is 677 g/mol. The molecule has 2 rings (SSSR count). The molecule has 0 aromatic heterocycles. The summed E-state index contributed by atoms with van der Waals surface area (Å²) in [5.41, 5.74) is 2.83. The quantitative estimate of drug-likeness (QED) is 0.0785. The average Bonchev–Trinajstić information content (AvgIpc) is 3.62. The van der Waals surface area contributed by atoms with Crippen molar-refractivity contribution in [2.75, 3.05) is 26.2 Å². The van der Waals surface area contributed by atoms with Crippen LogP contribution in [0.4, 0.5) is 0 Å². The molecule has 0 aliphatic heterocycles. The van der Waals surface area contributed by atoms with Gasteiger partial charge in [-0.25, -0.2) is 23.3 Å². The molecule has 3 heteroatoms. The Balaban J connectivity index is -0.000000413. The minimum atomic E-state index is 0. The molecule has 2 aliphatic rings. The number of hydrogen-bond donors (Lipinski definition) is 0. The monoisotopic (exact) mass is 678 g/mol. The minimum Gasteiger partial charge on any atom is -0.662 e. The van der Waals surface area contributed by atoms with Gasteiger partial charge in [0.15, 0.2) is 0 Å². The smallest absolute Gasteiger partial charge is 0.662 e. The summed E-state index contributed by atoms with van der Waals surface area (Å²) in [6.07, 6.45) is 35.2. The molecule has 0 spiro atoms. The van der Waals surface area contributed by atoms with Gasteiger partial charge in [0.2, 0.25) is 0 Å². The molecule has 0 unspecified atom stereocenters. The first-order valence-electron chi connectivity index (χ1n) is 15.5. The van der Waals surface area contributed by atoms with Crippen LogP contribution in [0.5, 0.6) is 0 Å². The fourth-order valence-electron chi connectivity index (χ4n) is 3.28. The van der Waals surface area contributed by atoms with E-state index in [0.29, 0.717) is 0 Å². The van der Waals surface area contributed by atoms with Gasteiger partial charge >= 0.3 is 25.8 Å². The predicted molar refractivity (Wildman–Crippen MR) is 166 cm³/mol. The fourth-order valence-corrected chi connectivity index (χ4v) is 3.28. The molecule has 0 N–H and O–H groups in total. The zero-order valence-corrected chi connectivity index (χ0v) is 29.4. The maximum absolute atomic E-state index is 4.35. The molecule has 0 amide bonds. The van der Waals surface area contributed by atoms with Gasteiger partial charge in [0.1, 0.15) is 0 Å². The maximum Gasteiger partial charge on any atom is 4.00 e. The standard InChI is InChI=1S/2C9H13.2C8H18N.Hf/c2*1-2-3-6-9-7-4-5-8-9;2*1-3-5-7-9-8-6-4-2;/h2*4,7H,2-3,5-6H2,1H3;2*3-8H2,1-2H3;/q4*-1;+4. The van der Waals surface area contributed by atoms with Crippen LogP contribution in [0.1, 0.15) is 144 Å². The van der Waals surface area contributed by atoms with Crippen LogP contribution in [0, 0.1) is 12.2 Å². The molecule has 0 aromatic carbocycles. The number of allylic oxidation sites excluding steroid dienone is 8. The van der Waals surface area contributed by atoms with E-state index in [9.17, 15) is 0 Å². The molecule has 0 atom stereocenters. The summed E-state index contributed by atoms with van der Waals surface area (Å²) in [5.74, 6) is 0. The normalized spacial score (nSPS) is 12.8. The van der Waals surface area contributed by atoms with E-state index in [1.54, 1.807) is 0 Å². The van der Waals surface area contributed by atoms with Gasteiger partial charge < -0.3 is 10.6 Å². The van der Waals surface area contributed by atoms with Crippen LogP contribution >= 0.6 is 0 Å². The van der Waals surface area contributed by atoms with Gasteiger partial charge in [-0.15, -0.1) is 39.0 Å². The molecular formula is C34H62HfN2. The van der Waals surface area contributed by atoms with Crippen molar-refractivity contribution in [2.24, 2.45) is 0 Å². The largest absolute Gasteiger partial charge is 4.00 e. The van der Waals surface area contributed by atoms with Crippen molar-refractivity contribution >= 4 is 0 Å². The Morgan fingerprint density at radius 2 is 0.811 bits per heavy atom. The van der Waals surface area contributed by atoms with Gasteiger partial charge in [-0.05, 0) is 0 Å². The van der Waals surface area contributed by atoms with Gasteiger partial charge in [0.25, 0.3) is 0 Å². The van der Waals surface area contributed by atoms with Crippen molar-refractivity contribution in [3.63, 3.8) is 0 Å². The third-order valence-corrected chi connectivity index (χ3v) is 5.81. The number of rotatable bonds is 18. The van der Waals surface area contributed by atoms with E-state index < -0.39 is 0 Å². The van der Waals surface area contributed by atoms with Crippen LogP contribution in [0.25, 0.3) is 10.6 Å². The Morgan fingerprint density at radius 1 is 0.514 bits per heavy atom. The van der Waals surface area contributed by atoms with E-state index >= 15 is 0 Å². The van der Waals surface area contributed by atoms with E-state index in [4.69, 9.17) is 0 Å². The first-order valence-corrected chi connectivity index (χ1v) is 15.5. The summed E-state index contributed by atoms with van der Waals surface area (Å²) in [4.78, 5) is 0. The molecule has 0 saturated heterocycles. The molecular weight excluding hydrogens is 615 g/mol. The van der Waals surface area contributed by atoms with Crippen molar-refractivity contribution in [1.82, 2.24) is 0 Å². The second-order valence-corrected chi connectivity index (χ2v) is 9.58. The molecule has 0 bridgehead atoms. The number of unbranched alkanes of at least 4 members (excludes halogenated alkanes) is 6. The molecule has 37 heavy (non-hydrogen) atoms. The van der Waals surface area contributed by atoms with Crippen molar-refractivity contribution in [1.29, 1.82) is 0 Å². The number of nitrogens with zero attached hydrogens (tertiary/aromatic N) is 2. The molecule has 0 radical (unpaired) electrons. The Hall–Kier alpha value is -0.250. The zero-order valence-electron chi connectivity index (χ0n) is 25.8. The van der Waals surface area contributed by atoms with Crippen LogP contribution < -0.4 is 0 Å². The summed E-state index contributed by atoms with van der Waals surface area (Å²) >= 11 is 0. The summed E-state index contributed by atoms with van der Waals surface area (Å²) in [7, 11) is 0.